The van der Waals surface area contributed by atoms with Gasteiger partial charge in [0.05, 0.1) is 25.0 Å². The summed E-state index contributed by atoms with van der Waals surface area (Å²) in [6, 6.07) is 8.56. The second-order valence-corrected chi connectivity index (χ2v) is 7.15. The van der Waals surface area contributed by atoms with E-state index in [0.717, 1.165) is 24.7 Å². The van der Waals surface area contributed by atoms with Gasteiger partial charge < -0.3 is 20.4 Å². The van der Waals surface area contributed by atoms with Crippen LogP contribution in [0.4, 0.5) is 0 Å². The van der Waals surface area contributed by atoms with Crippen molar-refractivity contribution in [3.8, 4) is 0 Å². The van der Waals surface area contributed by atoms with E-state index >= 15 is 0 Å². The summed E-state index contributed by atoms with van der Waals surface area (Å²) in [5.74, 6) is 2.33. The maximum absolute atomic E-state index is 7.92. The van der Waals surface area contributed by atoms with E-state index in [1.54, 1.807) is 6.08 Å². The van der Waals surface area contributed by atoms with Gasteiger partial charge in [0.2, 0.25) is 0 Å². The summed E-state index contributed by atoms with van der Waals surface area (Å²) < 4.78 is 5.48. The zero-order chi connectivity index (χ0) is 20.2. The van der Waals surface area contributed by atoms with E-state index in [2.05, 4.69) is 59.5 Å². The summed E-state index contributed by atoms with van der Waals surface area (Å²) >= 11 is 0. The van der Waals surface area contributed by atoms with Crippen molar-refractivity contribution in [1.29, 1.82) is 5.41 Å². The number of benzene rings is 1. The molecule has 1 aromatic rings. The van der Waals surface area contributed by atoms with Crippen LogP contribution in [0.15, 0.2) is 78.0 Å². The topological polar surface area (TPSA) is 76.0 Å². The average Bonchev–Trinajstić information content (AvgIpc) is 3.24. The molecule has 0 spiro atoms. The summed E-state index contributed by atoms with van der Waals surface area (Å²) in [6.45, 7) is 8.78. The Balaban J connectivity index is 1.58. The molecule has 0 saturated carbocycles. The number of hydrogen-bond donors (Lipinski definition) is 3. The van der Waals surface area contributed by atoms with Crippen molar-refractivity contribution in [2.45, 2.75) is 13.0 Å². The molecule has 3 heterocycles. The molecular formula is C22H26N6O. The highest BCUT2D eigenvalue weighted by molar-refractivity contribution is 6.02. The second-order valence-electron chi connectivity index (χ2n) is 7.15. The van der Waals surface area contributed by atoms with Crippen LogP contribution >= 0.6 is 0 Å². The largest absolute Gasteiger partial charge is 0.378 e. The van der Waals surface area contributed by atoms with Crippen molar-refractivity contribution in [3.63, 3.8) is 0 Å². The Morgan fingerprint density at radius 3 is 2.93 bits per heavy atom. The molecule has 0 aromatic heterocycles. The molecule has 7 nitrogen and oxygen atoms in total. The van der Waals surface area contributed by atoms with Crippen LogP contribution < -0.4 is 10.7 Å². The van der Waals surface area contributed by atoms with Gasteiger partial charge in [-0.25, -0.2) is 10.4 Å². The van der Waals surface area contributed by atoms with E-state index in [1.165, 1.54) is 17.2 Å². The second kappa shape index (κ2) is 8.46. The van der Waals surface area contributed by atoms with Crippen molar-refractivity contribution in [3.05, 3.63) is 84.1 Å². The standard InChI is InChI=1S/C22H26N6O/c1-3-18(23)14-20-24-21(27-9-11-29-12-10-27)15-22(25-20)28-8-7-19(26-28)17-6-4-5-16(2)13-17/h3-8,13-15,19,23-24,26H,1,9-12H2,2H3/b20-14+,23-18?. The summed E-state index contributed by atoms with van der Waals surface area (Å²) in [4.78, 5) is 6.94. The lowest BCUT2D eigenvalue weighted by Gasteiger charge is -2.34. The van der Waals surface area contributed by atoms with E-state index in [-0.39, 0.29) is 6.04 Å². The number of morpholine rings is 1. The first-order valence-electron chi connectivity index (χ1n) is 9.75. The zero-order valence-electron chi connectivity index (χ0n) is 16.6. The molecule has 0 radical (unpaired) electrons. The molecule has 1 unspecified atom stereocenters. The van der Waals surface area contributed by atoms with E-state index in [9.17, 15) is 0 Å². The number of aryl methyl sites for hydroxylation is 1. The number of ether oxygens (including phenoxy) is 1. The normalized spacial score (nSPS) is 22.9. The molecule has 0 amide bonds. The van der Waals surface area contributed by atoms with Gasteiger partial charge in [-0.3, -0.25) is 5.01 Å². The van der Waals surface area contributed by atoms with Crippen LogP contribution in [0.25, 0.3) is 0 Å². The van der Waals surface area contributed by atoms with Gasteiger partial charge in [-0.15, -0.1) is 0 Å². The molecule has 0 aliphatic carbocycles. The number of allylic oxidation sites excluding steroid dienone is 2. The van der Waals surface area contributed by atoms with E-state index in [1.807, 2.05) is 17.3 Å². The van der Waals surface area contributed by atoms with Crippen molar-refractivity contribution in [2.24, 2.45) is 4.99 Å². The molecule has 3 N–H and O–H groups in total. The van der Waals surface area contributed by atoms with Crippen molar-refractivity contribution < 1.29 is 4.74 Å². The number of rotatable bonds is 4. The maximum Gasteiger partial charge on any atom is 0.152 e. The third-order valence-electron chi connectivity index (χ3n) is 4.97. The summed E-state index contributed by atoms with van der Waals surface area (Å²) in [5, 5.41) is 13.2. The Labute approximate surface area is 171 Å². The van der Waals surface area contributed by atoms with Gasteiger partial charge in [0.1, 0.15) is 11.6 Å². The minimum Gasteiger partial charge on any atom is -0.378 e. The minimum atomic E-state index is 0.0895. The first kappa shape index (κ1) is 19.2. The van der Waals surface area contributed by atoms with Gasteiger partial charge in [0, 0.05) is 31.4 Å². The molecule has 1 atom stereocenters. The molecular weight excluding hydrogens is 364 g/mol. The lowest BCUT2D eigenvalue weighted by Crippen LogP contribution is -2.44. The minimum absolute atomic E-state index is 0.0895. The van der Waals surface area contributed by atoms with Gasteiger partial charge in [-0.2, -0.15) is 0 Å². The fourth-order valence-corrected chi connectivity index (χ4v) is 3.45. The van der Waals surface area contributed by atoms with Crippen molar-refractivity contribution in [1.82, 2.24) is 20.7 Å². The smallest absolute Gasteiger partial charge is 0.152 e. The van der Waals surface area contributed by atoms with Gasteiger partial charge in [0.15, 0.2) is 5.84 Å². The molecule has 29 heavy (non-hydrogen) atoms. The third kappa shape index (κ3) is 4.47. The predicted molar refractivity (Wildman–Crippen MR) is 115 cm³/mol. The maximum atomic E-state index is 7.92. The Morgan fingerprint density at radius 2 is 2.17 bits per heavy atom. The number of aliphatic imine (C=N–C) groups is 1. The summed E-state index contributed by atoms with van der Waals surface area (Å²) in [6.07, 6.45) is 9.32. The van der Waals surface area contributed by atoms with E-state index < -0.39 is 0 Å². The zero-order valence-corrected chi connectivity index (χ0v) is 16.6. The third-order valence-corrected chi connectivity index (χ3v) is 4.97. The van der Waals surface area contributed by atoms with Crippen LogP contribution in [0.1, 0.15) is 17.2 Å². The van der Waals surface area contributed by atoms with Gasteiger partial charge >= 0.3 is 0 Å². The Kier molecular flexibility index (Phi) is 5.59. The fourth-order valence-electron chi connectivity index (χ4n) is 3.45. The van der Waals surface area contributed by atoms with Crippen LogP contribution in [0.5, 0.6) is 0 Å². The highest BCUT2D eigenvalue weighted by Crippen LogP contribution is 2.23. The first-order chi connectivity index (χ1) is 14.1. The van der Waals surface area contributed by atoms with Crippen molar-refractivity contribution >= 4 is 11.5 Å². The highest BCUT2D eigenvalue weighted by atomic mass is 16.5. The molecule has 0 bridgehead atoms. The van der Waals surface area contributed by atoms with Crippen LogP contribution in [-0.4, -0.2) is 47.8 Å². The summed E-state index contributed by atoms with van der Waals surface area (Å²) in [7, 11) is 0. The molecule has 7 heteroatoms. The SMILES string of the molecule is C=CC(=N)/C=C1/N=C(N2C=CC(c3cccc(C)c3)N2)C=C(N2CCOCC2)N1. The average molecular weight is 390 g/mol. The fraction of sp³-hybridized carbons (Fsp3) is 0.273. The lowest BCUT2D eigenvalue weighted by atomic mass is 10.1. The number of hydrogen-bond acceptors (Lipinski definition) is 7. The summed E-state index contributed by atoms with van der Waals surface area (Å²) in [5.41, 5.74) is 6.24. The monoisotopic (exact) mass is 390 g/mol. The van der Waals surface area contributed by atoms with Crippen molar-refractivity contribution in [2.75, 3.05) is 26.3 Å². The van der Waals surface area contributed by atoms with Crippen LogP contribution in [0.3, 0.4) is 0 Å². The number of hydrazine groups is 1. The van der Waals surface area contributed by atoms with Crippen LogP contribution in [0, 0.1) is 12.3 Å². The molecule has 3 aliphatic rings. The Morgan fingerprint density at radius 1 is 1.34 bits per heavy atom. The number of amidine groups is 1. The van der Waals surface area contributed by atoms with E-state index in [4.69, 9.17) is 15.1 Å². The highest BCUT2D eigenvalue weighted by Gasteiger charge is 2.24. The van der Waals surface area contributed by atoms with E-state index in [0.29, 0.717) is 24.7 Å². The van der Waals surface area contributed by atoms with Gasteiger partial charge in [-0.1, -0.05) is 36.4 Å². The predicted octanol–water partition coefficient (Wildman–Crippen LogP) is 2.59. The quantitative estimate of drug-likeness (QED) is 0.689. The first-order valence-corrected chi connectivity index (χ1v) is 9.75. The molecule has 1 fully saturated rings. The molecule has 1 saturated heterocycles. The van der Waals surface area contributed by atoms with Gasteiger partial charge in [-0.05, 0) is 24.6 Å². The van der Waals surface area contributed by atoms with Crippen LogP contribution in [-0.2, 0) is 4.74 Å². The Bertz CT molecular complexity index is 923. The molecule has 4 rings (SSSR count). The number of nitrogens with one attached hydrogen (secondary N) is 3. The Hall–Kier alpha value is -3.16. The molecule has 150 valence electrons. The number of nitrogens with zero attached hydrogens (tertiary/aromatic N) is 3. The molecule has 1 aromatic carbocycles. The van der Waals surface area contributed by atoms with Gasteiger partial charge in [0.25, 0.3) is 0 Å². The van der Waals surface area contributed by atoms with Crippen LogP contribution in [0.2, 0.25) is 0 Å². The lowest BCUT2D eigenvalue weighted by molar-refractivity contribution is 0.0509. The molecule has 3 aliphatic heterocycles.